The molecule has 0 unspecified atom stereocenters. The van der Waals surface area contributed by atoms with Crippen molar-refractivity contribution in [2.24, 2.45) is 0 Å². The van der Waals surface area contributed by atoms with E-state index >= 15 is 0 Å². The Labute approximate surface area is 129 Å². The van der Waals surface area contributed by atoms with E-state index in [0.717, 1.165) is 30.3 Å². The SMILES string of the molecule is Cc1ncnc(C)c1C(=O)N1CCN(c2ccccn2)CC1. The van der Waals surface area contributed by atoms with Gasteiger partial charge in [-0.25, -0.2) is 15.0 Å². The van der Waals surface area contributed by atoms with Crippen LogP contribution in [0.3, 0.4) is 0 Å². The average Bonchev–Trinajstić information content (AvgIpc) is 2.55. The Hall–Kier alpha value is -2.50. The van der Waals surface area contributed by atoms with Gasteiger partial charge in [0.15, 0.2) is 0 Å². The van der Waals surface area contributed by atoms with Gasteiger partial charge in [-0.2, -0.15) is 0 Å². The summed E-state index contributed by atoms with van der Waals surface area (Å²) in [6, 6.07) is 5.88. The number of carbonyl (C=O) groups excluding carboxylic acids is 1. The monoisotopic (exact) mass is 297 g/mol. The molecule has 0 atom stereocenters. The van der Waals surface area contributed by atoms with Crippen LogP contribution in [0.4, 0.5) is 5.82 Å². The van der Waals surface area contributed by atoms with Gasteiger partial charge in [-0.3, -0.25) is 4.79 Å². The number of nitrogens with zero attached hydrogens (tertiary/aromatic N) is 5. The van der Waals surface area contributed by atoms with Gasteiger partial charge in [0.05, 0.1) is 17.0 Å². The lowest BCUT2D eigenvalue weighted by Gasteiger charge is -2.35. The minimum absolute atomic E-state index is 0.0243. The van der Waals surface area contributed by atoms with Crippen molar-refractivity contribution >= 4 is 11.7 Å². The quantitative estimate of drug-likeness (QED) is 0.839. The second-order valence-electron chi connectivity index (χ2n) is 5.39. The lowest BCUT2D eigenvalue weighted by atomic mass is 10.1. The Kier molecular flexibility index (Phi) is 4.00. The van der Waals surface area contributed by atoms with E-state index in [1.165, 1.54) is 6.33 Å². The highest BCUT2D eigenvalue weighted by Gasteiger charge is 2.25. The first-order valence-electron chi connectivity index (χ1n) is 7.40. The molecule has 0 aromatic carbocycles. The Morgan fingerprint density at radius 1 is 1.00 bits per heavy atom. The molecular weight excluding hydrogens is 278 g/mol. The molecule has 0 radical (unpaired) electrons. The van der Waals surface area contributed by atoms with Crippen LogP contribution in [0.2, 0.25) is 0 Å². The zero-order valence-electron chi connectivity index (χ0n) is 12.9. The number of amides is 1. The molecule has 6 nitrogen and oxygen atoms in total. The zero-order valence-corrected chi connectivity index (χ0v) is 12.9. The van der Waals surface area contributed by atoms with Crippen molar-refractivity contribution in [2.45, 2.75) is 13.8 Å². The zero-order chi connectivity index (χ0) is 15.5. The number of hydrogen-bond donors (Lipinski definition) is 0. The third kappa shape index (κ3) is 2.77. The summed E-state index contributed by atoms with van der Waals surface area (Å²) in [5.74, 6) is 0.987. The molecule has 1 saturated heterocycles. The lowest BCUT2D eigenvalue weighted by Crippen LogP contribution is -2.49. The first-order chi connectivity index (χ1) is 10.7. The van der Waals surface area contributed by atoms with Gasteiger partial charge in [0.1, 0.15) is 12.1 Å². The summed E-state index contributed by atoms with van der Waals surface area (Å²) in [5, 5.41) is 0. The van der Waals surface area contributed by atoms with E-state index in [4.69, 9.17) is 0 Å². The van der Waals surface area contributed by atoms with Crippen molar-refractivity contribution in [3.05, 3.63) is 47.7 Å². The second-order valence-corrected chi connectivity index (χ2v) is 5.39. The van der Waals surface area contributed by atoms with E-state index in [9.17, 15) is 4.79 Å². The molecule has 3 rings (SSSR count). The lowest BCUT2D eigenvalue weighted by molar-refractivity contribution is 0.0744. The topological polar surface area (TPSA) is 62.2 Å². The molecule has 2 aromatic rings. The van der Waals surface area contributed by atoms with Gasteiger partial charge in [-0.05, 0) is 26.0 Å². The van der Waals surface area contributed by atoms with Crippen LogP contribution in [0.25, 0.3) is 0 Å². The van der Waals surface area contributed by atoms with Gasteiger partial charge >= 0.3 is 0 Å². The molecule has 6 heteroatoms. The summed E-state index contributed by atoms with van der Waals surface area (Å²) in [7, 11) is 0. The Morgan fingerprint density at radius 2 is 1.68 bits per heavy atom. The van der Waals surface area contributed by atoms with Gasteiger partial charge in [0.25, 0.3) is 5.91 Å². The number of aromatic nitrogens is 3. The van der Waals surface area contributed by atoms with Crippen LogP contribution < -0.4 is 4.90 Å². The van der Waals surface area contributed by atoms with E-state index < -0.39 is 0 Å². The summed E-state index contributed by atoms with van der Waals surface area (Å²) in [6.45, 7) is 6.65. The molecule has 1 fully saturated rings. The van der Waals surface area contributed by atoms with Gasteiger partial charge < -0.3 is 9.80 Å². The molecular formula is C16H19N5O. The Bertz CT molecular complexity index is 645. The smallest absolute Gasteiger partial charge is 0.257 e. The number of rotatable bonds is 2. The van der Waals surface area contributed by atoms with Gasteiger partial charge in [0, 0.05) is 32.4 Å². The predicted molar refractivity (Wildman–Crippen MR) is 83.9 cm³/mol. The fraction of sp³-hybridized carbons (Fsp3) is 0.375. The molecule has 1 aliphatic heterocycles. The van der Waals surface area contributed by atoms with Crippen molar-refractivity contribution in [3.63, 3.8) is 0 Å². The highest BCUT2D eigenvalue weighted by Crippen LogP contribution is 2.16. The molecule has 0 aliphatic carbocycles. The van der Waals surface area contributed by atoms with E-state index in [2.05, 4.69) is 19.9 Å². The van der Waals surface area contributed by atoms with E-state index in [-0.39, 0.29) is 5.91 Å². The summed E-state index contributed by atoms with van der Waals surface area (Å²) in [6.07, 6.45) is 3.29. The number of carbonyl (C=O) groups is 1. The highest BCUT2D eigenvalue weighted by molar-refractivity contribution is 5.96. The third-order valence-electron chi connectivity index (χ3n) is 3.98. The van der Waals surface area contributed by atoms with Crippen LogP contribution in [0.1, 0.15) is 21.7 Å². The summed E-state index contributed by atoms with van der Waals surface area (Å²) in [5.41, 5.74) is 2.11. The Morgan fingerprint density at radius 3 is 2.27 bits per heavy atom. The van der Waals surface area contributed by atoms with Gasteiger partial charge in [0.2, 0.25) is 0 Å². The number of pyridine rings is 1. The van der Waals surface area contributed by atoms with Crippen LogP contribution in [0.5, 0.6) is 0 Å². The predicted octanol–water partition coefficient (Wildman–Crippen LogP) is 1.45. The molecule has 2 aromatic heterocycles. The summed E-state index contributed by atoms with van der Waals surface area (Å²) >= 11 is 0. The molecule has 0 N–H and O–H groups in total. The maximum absolute atomic E-state index is 12.7. The number of piperazine rings is 1. The summed E-state index contributed by atoms with van der Waals surface area (Å²) < 4.78 is 0. The second kappa shape index (κ2) is 6.09. The van der Waals surface area contributed by atoms with Crippen LogP contribution in [0, 0.1) is 13.8 Å². The van der Waals surface area contributed by atoms with Crippen molar-refractivity contribution < 1.29 is 4.79 Å². The van der Waals surface area contributed by atoms with Crippen LogP contribution in [-0.2, 0) is 0 Å². The van der Waals surface area contributed by atoms with Crippen molar-refractivity contribution in [3.8, 4) is 0 Å². The molecule has 114 valence electrons. The fourth-order valence-electron chi connectivity index (χ4n) is 2.74. The molecule has 0 saturated carbocycles. The van der Waals surface area contributed by atoms with Crippen LogP contribution >= 0.6 is 0 Å². The number of hydrogen-bond acceptors (Lipinski definition) is 5. The maximum atomic E-state index is 12.7. The largest absolute Gasteiger partial charge is 0.353 e. The molecule has 0 bridgehead atoms. The van der Waals surface area contributed by atoms with Gasteiger partial charge in [-0.1, -0.05) is 6.07 Å². The first-order valence-corrected chi connectivity index (χ1v) is 7.40. The molecule has 3 heterocycles. The molecule has 22 heavy (non-hydrogen) atoms. The van der Waals surface area contributed by atoms with E-state index in [1.807, 2.05) is 36.9 Å². The van der Waals surface area contributed by atoms with Crippen molar-refractivity contribution in [1.82, 2.24) is 19.9 Å². The number of anilines is 1. The van der Waals surface area contributed by atoms with Gasteiger partial charge in [-0.15, -0.1) is 0 Å². The standard InChI is InChI=1S/C16H19N5O/c1-12-15(13(2)19-11-18-12)16(22)21-9-7-20(8-10-21)14-5-3-4-6-17-14/h3-6,11H,7-10H2,1-2H3. The fourth-order valence-corrected chi connectivity index (χ4v) is 2.74. The number of aryl methyl sites for hydroxylation is 2. The third-order valence-corrected chi connectivity index (χ3v) is 3.98. The molecule has 0 spiro atoms. The Balaban J connectivity index is 1.70. The highest BCUT2D eigenvalue weighted by atomic mass is 16.2. The minimum atomic E-state index is 0.0243. The van der Waals surface area contributed by atoms with E-state index in [0.29, 0.717) is 18.7 Å². The minimum Gasteiger partial charge on any atom is -0.353 e. The van der Waals surface area contributed by atoms with Crippen LogP contribution in [0.15, 0.2) is 30.7 Å². The van der Waals surface area contributed by atoms with E-state index in [1.54, 1.807) is 6.20 Å². The van der Waals surface area contributed by atoms with Crippen molar-refractivity contribution in [2.75, 3.05) is 31.1 Å². The van der Waals surface area contributed by atoms with Crippen molar-refractivity contribution in [1.29, 1.82) is 0 Å². The maximum Gasteiger partial charge on any atom is 0.257 e. The average molecular weight is 297 g/mol. The van der Waals surface area contributed by atoms with Crippen LogP contribution in [-0.4, -0.2) is 51.9 Å². The molecule has 1 amide bonds. The molecule has 1 aliphatic rings. The summed E-state index contributed by atoms with van der Waals surface area (Å²) in [4.78, 5) is 29.4. The first kappa shape index (κ1) is 14.4. The normalized spacial score (nSPS) is 15.0.